The number of nitrogens with one attached hydrogen (secondary N) is 1. The standard InChI is InChI=1S/C16H14BrN3S/c1-2-18-14-10-13(11-6-4-3-5-7-11)19-16(20-14)15-12(17)8-9-21-15/h3-10H,2H2,1H3,(H,18,19,20). The Morgan fingerprint density at radius 1 is 1.14 bits per heavy atom. The van der Waals surface area contributed by atoms with Crippen molar-refractivity contribution in [1.82, 2.24) is 9.97 Å². The molecular weight excluding hydrogens is 346 g/mol. The van der Waals surface area contributed by atoms with Crippen LogP contribution in [-0.4, -0.2) is 16.5 Å². The van der Waals surface area contributed by atoms with Crippen molar-refractivity contribution in [2.45, 2.75) is 6.92 Å². The summed E-state index contributed by atoms with van der Waals surface area (Å²) in [6, 6.07) is 14.2. The van der Waals surface area contributed by atoms with Crippen molar-refractivity contribution >= 4 is 33.1 Å². The van der Waals surface area contributed by atoms with Gasteiger partial charge in [0.2, 0.25) is 0 Å². The Balaban J connectivity index is 2.13. The number of hydrogen-bond donors (Lipinski definition) is 1. The van der Waals surface area contributed by atoms with Gasteiger partial charge in [0.15, 0.2) is 5.82 Å². The van der Waals surface area contributed by atoms with Gasteiger partial charge < -0.3 is 5.32 Å². The largest absolute Gasteiger partial charge is 0.370 e. The lowest BCUT2D eigenvalue weighted by molar-refractivity contribution is 1.12. The van der Waals surface area contributed by atoms with Crippen LogP contribution in [-0.2, 0) is 0 Å². The van der Waals surface area contributed by atoms with Gasteiger partial charge >= 0.3 is 0 Å². The topological polar surface area (TPSA) is 37.8 Å². The summed E-state index contributed by atoms with van der Waals surface area (Å²) < 4.78 is 1.03. The van der Waals surface area contributed by atoms with Gasteiger partial charge in [-0.25, -0.2) is 9.97 Å². The number of halogens is 1. The summed E-state index contributed by atoms with van der Waals surface area (Å²) >= 11 is 5.19. The van der Waals surface area contributed by atoms with Crippen LogP contribution in [0.1, 0.15) is 6.92 Å². The van der Waals surface area contributed by atoms with E-state index in [4.69, 9.17) is 4.98 Å². The predicted octanol–water partition coefficient (Wildman–Crippen LogP) is 5.07. The number of rotatable bonds is 4. The molecule has 0 saturated carbocycles. The van der Waals surface area contributed by atoms with Crippen molar-refractivity contribution in [3.63, 3.8) is 0 Å². The van der Waals surface area contributed by atoms with Crippen molar-refractivity contribution in [1.29, 1.82) is 0 Å². The highest BCUT2D eigenvalue weighted by molar-refractivity contribution is 9.10. The second-order valence-electron chi connectivity index (χ2n) is 4.46. The molecule has 3 aromatic rings. The monoisotopic (exact) mass is 359 g/mol. The summed E-state index contributed by atoms with van der Waals surface area (Å²) in [6.07, 6.45) is 0. The fourth-order valence-electron chi connectivity index (χ4n) is 2.03. The van der Waals surface area contributed by atoms with Crippen LogP contribution in [0.25, 0.3) is 22.0 Å². The molecule has 0 aliphatic heterocycles. The lowest BCUT2D eigenvalue weighted by Gasteiger charge is -2.08. The number of aromatic nitrogens is 2. The zero-order chi connectivity index (χ0) is 14.7. The molecule has 0 spiro atoms. The van der Waals surface area contributed by atoms with Crippen molar-refractivity contribution in [3.05, 3.63) is 52.3 Å². The molecule has 0 fully saturated rings. The van der Waals surface area contributed by atoms with Crippen LogP contribution in [0.4, 0.5) is 5.82 Å². The fourth-order valence-corrected chi connectivity index (χ4v) is 3.51. The first-order valence-corrected chi connectivity index (χ1v) is 8.37. The van der Waals surface area contributed by atoms with E-state index in [1.807, 2.05) is 35.7 Å². The van der Waals surface area contributed by atoms with E-state index in [9.17, 15) is 0 Å². The highest BCUT2D eigenvalue weighted by Gasteiger charge is 2.12. The summed E-state index contributed by atoms with van der Waals surface area (Å²) in [5.41, 5.74) is 2.02. The molecule has 2 aromatic heterocycles. The van der Waals surface area contributed by atoms with Gasteiger partial charge in [-0.05, 0) is 34.3 Å². The van der Waals surface area contributed by atoms with Gasteiger partial charge in [-0.2, -0.15) is 0 Å². The Bertz CT molecular complexity index is 740. The number of anilines is 1. The Morgan fingerprint density at radius 2 is 1.95 bits per heavy atom. The lowest BCUT2D eigenvalue weighted by Crippen LogP contribution is -2.02. The van der Waals surface area contributed by atoms with Crippen LogP contribution < -0.4 is 5.32 Å². The summed E-state index contributed by atoms with van der Waals surface area (Å²) in [6.45, 7) is 2.89. The van der Waals surface area contributed by atoms with Gasteiger partial charge in [-0.3, -0.25) is 0 Å². The zero-order valence-corrected chi connectivity index (χ0v) is 13.9. The first-order valence-electron chi connectivity index (χ1n) is 6.69. The maximum absolute atomic E-state index is 4.72. The Morgan fingerprint density at radius 3 is 2.62 bits per heavy atom. The first kappa shape index (κ1) is 14.2. The van der Waals surface area contributed by atoms with E-state index in [1.54, 1.807) is 11.3 Å². The number of thiophene rings is 1. The van der Waals surface area contributed by atoms with E-state index in [0.717, 1.165) is 38.8 Å². The van der Waals surface area contributed by atoms with Crippen LogP contribution in [0.15, 0.2) is 52.3 Å². The summed E-state index contributed by atoms with van der Waals surface area (Å²) in [4.78, 5) is 10.4. The molecule has 0 unspecified atom stereocenters. The summed E-state index contributed by atoms with van der Waals surface area (Å²) in [5.74, 6) is 1.59. The zero-order valence-electron chi connectivity index (χ0n) is 11.5. The molecule has 0 radical (unpaired) electrons. The molecule has 5 heteroatoms. The Hall–Kier alpha value is -1.72. The predicted molar refractivity (Wildman–Crippen MR) is 92.6 cm³/mol. The summed E-state index contributed by atoms with van der Waals surface area (Å²) in [7, 11) is 0. The number of benzene rings is 1. The molecule has 21 heavy (non-hydrogen) atoms. The van der Waals surface area contributed by atoms with E-state index < -0.39 is 0 Å². The molecule has 106 valence electrons. The quantitative estimate of drug-likeness (QED) is 0.706. The lowest BCUT2D eigenvalue weighted by atomic mass is 10.1. The van der Waals surface area contributed by atoms with Gasteiger partial charge in [0.05, 0.1) is 10.6 Å². The summed E-state index contributed by atoms with van der Waals surface area (Å²) in [5, 5.41) is 5.31. The third-order valence-electron chi connectivity index (χ3n) is 2.97. The number of hydrogen-bond acceptors (Lipinski definition) is 4. The third-order valence-corrected chi connectivity index (χ3v) is 4.81. The molecule has 2 heterocycles. The number of nitrogens with zero attached hydrogens (tertiary/aromatic N) is 2. The minimum atomic E-state index is 0.745. The van der Waals surface area contributed by atoms with Crippen molar-refractivity contribution in [3.8, 4) is 22.0 Å². The van der Waals surface area contributed by atoms with Gasteiger partial charge in [-0.1, -0.05) is 30.3 Å². The second-order valence-corrected chi connectivity index (χ2v) is 6.23. The van der Waals surface area contributed by atoms with Crippen molar-refractivity contribution < 1.29 is 0 Å². The maximum Gasteiger partial charge on any atom is 0.173 e. The molecule has 0 saturated heterocycles. The molecule has 0 aliphatic carbocycles. The molecule has 3 rings (SSSR count). The molecule has 0 amide bonds. The second kappa shape index (κ2) is 6.37. The highest BCUT2D eigenvalue weighted by Crippen LogP contribution is 2.33. The van der Waals surface area contributed by atoms with E-state index in [0.29, 0.717) is 0 Å². The van der Waals surface area contributed by atoms with Crippen LogP contribution in [0.2, 0.25) is 0 Å². The smallest absolute Gasteiger partial charge is 0.173 e. The normalized spacial score (nSPS) is 10.6. The molecular formula is C16H14BrN3S. The van der Waals surface area contributed by atoms with Gasteiger partial charge in [-0.15, -0.1) is 11.3 Å². The van der Waals surface area contributed by atoms with Crippen LogP contribution >= 0.6 is 27.3 Å². The third kappa shape index (κ3) is 3.14. The molecule has 3 nitrogen and oxygen atoms in total. The van der Waals surface area contributed by atoms with Crippen molar-refractivity contribution in [2.75, 3.05) is 11.9 Å². The van der Waals surface area contributed by atoms with E-state index in [1.165, 1.54) is 0 Å². The van der Waals surface area contributed by atoms with E-state index >= 15 is 0 Å². The SMILES string of the molecule is CCNc1cc(-c2ccccc2)nc(-c2sccc2Br)n1. The molecule has 0 aliphatic rings. The average Bonchev–Trinajstić information content (AvgIpc) is 2.94. The fraction of sp³-hybridized carbons (Fsp3) is 0.125. The van der Waals surface area contributed by atoms with Crippen LogP contribution in [0, 0.1) is 0 Å². The van der Waals surface area contributed by atoms with Gasteiger partial charge in [0.25, 0.3) is 0 Å². The van der Waals surface area contributed by atoms with E-state index in [2.05, 4.69) is 45.3 Å². The maximum atomic E-state index is 4.72. The Kier molecular flexibility index (Phi) is 4.31. The van der Waals surface area contributed by atoms with E-state index in [-0.39, 0.29) is 0 Å². The first-order chi connectivity index (χ1) is 10.3. The van der Waals surface area contributed by atoms with Crippen molar-refractivity contribution in [2.24, 2.45) is 0 Å². The highest BCUT2D eigenvalue weighted by atomic mass is 79.9. The molecule has 0 bridgehead atoms. The Labute approximate surface area is 136 Å². The minimum absolute atomic E-state index is 0.745. The molecule has 0 atom stereocenters. The average molecular weight is 360 g/mol. The van der Waals surface area contributed by atoms with Crippen LogP contribution in [0.5, 0.6) is 0 Å². The van der Waals surface area contributed by atoms with Gasteiger partial charge in [0, 0.05) is 22.6 Å². The van der Waals surface area contributed by atoms with Gasteiger partial charge in [0.1, 0.15) is 5.82 Å². The minimum Gasteiger partial charge on any atom is -0.370 e. The molecule has 1 aromatic carbocycles. The molecule has 1 N–H and O–H groups in total. The van der Waals surface area contributed by atoms with Crippen LogP contribution in [0.3, 0.4) is 0 Å².